The van der Waals surface area contributed by atoms with Crippen LogP contribution in [0.3, 0.4) is 0 Å². The van der Waals surface area contributed by atoms with Gasteiger partial charge < -0.3 is 4.74 Å². The third kappa shape index (κ3) is 5.70. The molecule has 0 aliphatic carbocycles. The fourth-order valence-corrected chi connectivity index (χ4v) is 5.23. The van der Waals surface area contributed by atoms with Crippen LogP contribution in [0, 0.1) is 18.8 Å². The number of ether oxygens (including phenoxy) is 1. The van der Waals surface area contributed by atoms with Gasteiger partial charge in [-0.15, -0.1) is 0 Å². The van der Waals surface area contributed by atoms with Gasteiger partial charge in [0.05, 0.1) is 0 Å². The first-order valence-electron chi connectivity index (χ1n) is 11.4. The minimum Gasteiger partial charge on any atom is -0.381 e. The second kappa shape index (κ2) is 9.59. The molecule has 1 unspecified atom stereocenters. The fourth-order valence-electron chi connectivity index (χ4n) is 5.23. The molecule has 1 aromatic carbocycles. The summed E-state index contributed by atoms with van der Waals surface area (Å²) in [5.41, 5.74) is 4.43. The number of hydrogen-bond acceptors (Lipinski definition) is 2. The number of hydrogen-bond donors (Lipinski definition) is 0. The molecule has 1 aromatic rings. The van der Waals surface area contributed by atoms with E-state index < -0.39 is 0 Å². The fraction of sp³-hybridized carbons (Fsp3) is 0.692. The zero-order chi connectivity index (χ0) is 20.1. The summed E-state index contributed by atoms with van der Waals surface area (Å²) in [6.07, 6.45) is 8.99. The van der Waals surface area contributed by atoms with Crippen molar-refractivity contribution in [1.82, 2.24) is 4.90 Å². The van der Waals surface area contributed by atoms with Crippen molar-refractivity contribution in [2.45, 2.75) is 78.2 Å². The predicted molar refractivity (Wildman–Crippen MR) is 120 cm³/mol. The van der Waals surface area contributed by atoms with Crippen LogP contribution in [0.1, 0.15) is 70.9 Å². The molecular weight excluding hydrogens is 342 g/mol. The zero-order valence-corrected chi connectivity index (χ0v) is 18.8. The molecule has 2 aliphatic heterocycles. The Morgan fingerprint density at radius 2 is 1.61 bits per heavy atom. The molecule has 2 aliphatic rings. The Balaban J connectivity index is 1.65. The highest BCUT2D eigenvalue weighted by Gasteiger charge is 2.32. The second-order valence-corrected chi connectivity index (χ2v) is 10.1. The van der Waals surface area contributed by atoms with E-state index in [1.54, 1.807) is 0 Å². The van der Waals surface area contributed by atoms with Crippen LogP contribution in [0.2, 0.25) is 0 Å². The summed E-state index contributed by atoms with van der Waals surface area (Å²) in [6, 6.07) is 9.70. The third-order valence-corrected chi connectivity index (χ3v) is 7.05. The van der Waals surface area contributed by atoms with Crippen LogP contribution in [-0.4, -0.2) is 37.2 Å². The Labute approximate surface area is 173 Å². The highest BCUT2D eigenvalue weighted by atomic mass is 16.5. The van der Waals surface area contributed by atoms with Crippen molar-refractivity contribution in [3.63, 3.8) is 0 Å². The average Bonchev–Trinajstić information content (AvgIpc) is 2.68. The topological polar surface area (TPSA) is 12.5 Å². The summed E-state index contributed by atoms with van der Waals surface area (Å²) in [7, 11) is 0. The molecule has 2 nitrogen and oxygen atoms in total. The van der Waals surface area contributed by atoms with E-state index in [0.717, 1.165) is 25.0 Å². The monoisotopic (exact) mass is 383 g/mol. The van der Waals surface area contributed by atoms with Gasteiger partial charge in [-0.1, -0.05) is 55.3 Å². The first kappa shape index (κ1) is 21.6. The minimum atomic E-state index is 0.182. The van der Waals surface area contributed by atoms with E-state index in [1.807, 2.05) is 0 Å². The van der Waals surface area contributed by atoms with Crippen molar-refractivity contribution in [2.75, 3.05) is 26.3 Å². The highest BCUT2D eigenvalue weighted by Crippen LogP contribution is 2.35. The van der Waals surface area contributed by atoms with E-state index in [9.17, 15) is 0 Å². The van der Waals surface area contributed by atoms with Crippen LogP contribution in [0.15, 0.2) is 35.9 Å². The molecule has 28 heavy (non-hydrogen) atoms. The molecule has 0 saturated carbocycles. The first-order chi connectivity index (χ1) is 13.3. The SMILES string of the molecule is CC(C)=CC(CC(C)(C)c1ccc(C)cc1)N1CCC(C2CCOCC2)CC1. The molecule has 2 heterocycles. The smallest absolute Gasteiger partial charge is 0.0468 e. The largest absolute Gasteiger partial charge is 0.381 e. The number of likely N-dealkylation sites (tertiary alicyclic amines) is 1. The summed E-state index contributed by atoms with van der Waals surface area (Å²) in [4.78, 5) is 2.76. The quantitative estimate of drug-likeness (QED) is 0.547. The van der Waals surface area contributed by atoms with Gasteiger partial charge in [-0.25, -0.2) is 0 Å². The number of benzene rings is 1. The third-order valence-electron chi connectivity index (χ3n) is 7.05. The van der Waals surface area contributed by atoms with Crippen LogP contribution >= 0.6 is 0 Å². The van der Waals surface area contributed by atoms with Crippen molar-refractivity contribution in [3.8, 4) is 0 Å². The van der Waals surface area contributed by atoms with Crippen molar-refractivity contribution in [3.05, 3.63) is 47.0 Å². The maximum atomic E-state index is 5.58. The maximum absolute atomic E-state index is 5.58. The van der Waals surface area contributed by atoms with Crippen molar-refractivity contribution in [1.29, 1.82) is 0 Å². The molecule has 2 fully saturated rings. The van der Waals surface area contributed by atoms with Crippen LogP contribution in [0.4, 0.5) is 0 Å². The van der Waals surface area contributed by atoms with Gasteiger partial charge in [0.15, 0.2) is 0 Å². The first-order valence-corrected chi connectivity index (χ1v) is 11.4. The van der Waals surface area contributed by atoms with Crippen molar-refractivity contribution in [2.24, 2.45) is 11.8 Å². The number of rotatable bonds is 6. The lowest BCUT2D eigenvalue weighted by Gasteiger charge is -2.42. The summed E-state index contributed by atoms with van der Waals surface area (Å²) < 4.78 is 5.58. The summed E-state index contributed by atoms with van der Waals surface area (Å²) >= 11 is 0. The minimum absolute atomic E-state index is 0.182. The van der Waals surface area contributed by atoms with E-state index in [1.165, 1.54) is 61.9 Å². The lowest BCUT2D eigenvalue weighted by atomic mass is 9.76. The predicted octanol–water partition coefficient (Wildman–Crippen LogP) is 6.14. The standard InChI is InChI=1S/C26H41NO/c1-20(2)18-25(19-26(4,5)24-8-6-21(3)7-9-24)27-14-10-22(11-15-27)23-12-16-28-17-13-23/h6-9,18,22-23,25H,10-17,19H2,1-5H3. The molecule has 0 amide bonds. The Hall–Kier alpha value is -1.12. The van der Waals surface area contributed by atoms with E-state index >= 15 is 0 Å². The van der Waals surface area contributed by atoms with E-state index in [4.69, 9.17) is 4.74 Å². The second-order valence-electron chi connectivity index (χ2n) is 10.1. The van der Waals surface area contributed by atoms with E-state index in [2.05, 4.69) is 69.9 Å². The molecule has 0 bridgehead atoms. The van der Waals surface area contributed by atoms with Crippen molar-refractivity contribution < 1.29 is 4.74 Å². The van der Waals surface area contributed by atoms with Crippen LogP contribution in [-0.2, 0) is 10.2 Å². The van der Waals surface area contributed by atoms with Gasteiger partial charge in [0, 0.05) is 19.3 Å². The molecule has 0 aromatic heterocycles. The van der Waals surface area contributed by atoms with Gasteiger partial charge in [-0.3, -0.25) is 4.90 Å². The summed E-state index contributed by atoms with van der Waals surface area (Å²) in [5, 5.41) is 0. The molecular formula is C26H41NO. The van der Waals surface area contributed by atoms with Gasteiger partial charge in [0.25, 0.3) is 0 Å². The van der Waals surface area contributed by atoms with E-state index in [-0.39, 0.29) is 5.41 Å². The van der Waals surface area contributed by atoms with E-state index in [0.29, 0.717) is 6.04 Å². The molecule has 1 atom stereocenters. The number of allylic oxidation sites excluding steroid dienone is 1. The molecule has 156 valence electrons. The molecule has 2 saturated heterocycles. The van der Waals surface area contributed by atoms with Crippen LogP contribution < -0.4 is 0 Å². The molecule has 0 spiro atoms. The van der Waals surface area contributed by atoms with Crippen molar-refractivity contribution >= 4 is 0 Å². The molecule has 3 rings (SSSR count). The summed E-state index contributed by atoms with van der Waals surface area (Å²) in [6.45, 7) is 16.0. The normalized spacial score (nSPS) is 21.5. The molecule has 0 radical (unpaired) electrons. The van der Waals surface area contributed by atoms with Crippen LogP contribution in [0.25, 0.3) is 0 Å². The Bertz CT molecular complexity index is 627. The van der Waals surface area contributed by atoms with Crippen LogP contribution in [0.5, 0.6) is 0 Å². The Morgan fingerprint density at radius 1 is 1.04 bits per heavy atom. The molecule has 0 N–H and O–H groups in total. The maximum Gasteiger partial charge on any atom is 0.0468 e. The molecule has 2 heteroatoms. The number of nitrogens with zero attached hydrogens (tertiary/aromatic N) is 1. The Morgan fingerprint density at radius 3 is 2.18 bits per heavy atom. The highest BCUT2D eigenvalue weighted by molar-refractivity contribution is 5.28. The summed E-state index contributed by atoms with van der Waals surface area (Å²) in [5.74, 6) is 1.82. The van der Waals surface area contributed by atoms with Gasteiger partial charge in [-0.2, -0.15) is 0 Å². The lowest BCUT2D eigenvalue weighted by Crippen LogP contribution is -2.44. The number of piperidine rings is 1. The Kier molecular flexibility index (Phi) is 7.39. The average molecular weight is 384 g/mol. The lowest BCUT2D eigenvalue weighted by molar-refractivity contribution is 0.0260. The van der Waals surface area contributed by atoms with Gasteiger partial charge >= 0.3 is 0 Å². The zero-order valence-electron chi connectivity index (χ0n) is 18.8. The van der Waals surface area contributed by atoms with Gasteiger partial charge in [0.1, 0.15) is 0 Å². The number of aryl methyl sites for hydroxylation is 1. The van der Waals surface area contributed by atoms with Gasteiger partial charge in [-0.05, 0) is 88.8 Å². The van der Waals surface area contributed by atoms with Gasteiger partial charge in [0.2, 0.25) is 0 Å².